The molecule has 1 fully saturated rings. The Morgan fingerprint density at radius 1 is 1.31 bits per heavy atom. The van der Waals surface area contributed by atoms with Gasteiger partial charge in [0.2, 0.25) is 0 Å². The molecule has 0 saturated carbocycles. The molecule has 0 bridgehead atoms. The van der Waals surface area contributed by atoms with E-state index in [1.807, 2.05) is 6.92 Å². The number of unbranched alkanes of at least 4 members (excludes halogenated alkanes) is 1. The zero-order chi connectivity index (χ0) is 19.5. The van der Waals surface area contributed by atoms with Gasteiger partial charge in [-0.05, 0) is 18.9 Å². The number of amides is 1. The minimum Gasteiger partial charge on any atom is -0.478 e. The van der Waals surface area contributed by atoms with Crippen molar-refractivity contribution in [2.45, 2.75) is 32.2 Å². The second kappa shape index (κ2) is 7.81. The summed E-state index contributed by atoms with van der Waals surface area (Å²) in [5.74, 6) is -2.13. The fraction of sp³-hybridized carbons (Fsp3) is 0.500. The molecule has 0 aliphatic carbocycles. The van der Waals surface area contributed by atoms with Gasteiger partial charge in [0.25, 0.3) is 11.6 Å². The third kappa shape index (κ3) is 4.57. The number of hydrogen-bond acceptors (Lipinski definition) is 6. The number of nitrogens with zero attached hydrogens (tertiary/aromatic N) is 2. The summed E-state index contributed by atoms with van der Waals surface area (Å²) in [5.41, 5.74) is -0.989. The highest BCUT2D eigenvalue weighted by atomic mass is 32.2. The molecule has 0 aromatic heterocycles. The second-order valence-corrected chi connectivity index (χ2v) is 8.47. The summed E-state index contributed by atoms with van der Waals surface area (Å²) in [6, 6.07) is 2.49. The van der Waals surface area contributed by atoms with Gasteiger partial charge in [-0.1, -0.05) is 13.3 Å². The van der Waals surface area contributed by atoms with Crippen LogP contribution in [-0.2, 0) is 9.84 Å². The smallest absolute Gasteiger partial charge is 0.335 e. The second-order valence-electron chi connectivity index (χ2n) is 6.24. The molecule has 1 aromatic rings. The summed E-state index contributed by atoms with van der Waals surface area (Å²) in [6.07, 6.45) is 1.72. The maximum atomic E-state index is 12.9. The molecule has 1 atom stereocenters. The average molecular weight is 384 g/mol. The van der Waals surface area contributed by atoms with E-state index in [2.05, 4.69) is 0 Å². The van der Waals surface area contributed by atoms with Crippen molar-refractivity contribution in [3.63, 3.8) is 0 Å². The monoisotopic (exact) mass is 384 g/mol. The van der Waals surface area contributed by atoms with Gasteiger partial charge < -0.3 is 10.0 Å². The third-order valence-corrected chi connectivity index (χ3v) is 6.04. The van der Waals surface area contributed by atoms with Crippen LogP contribution in [0.4, 0.5) is 5.69 Å². The number of nitro benzene ring substituents is 1. The average Bonchev–Trinajstić information content (AvgIpc) is 2.94. The lowest BCUT2D eigenvalue weighted by atomic mass is 10.1. The summed E-state index contributed by atoms with van der Waals surface area (Å²) in [4.78, 5) is 35.8. The molecule has 1 aliphatic rings. The van der Waals surface area contributed by atoms with Crippen molar-refractivity contribution in [1.29, 1.82) is 0 Å². The van der Waals surface area contributed by atoms with Crippen molar-refractivity contribution in [2.24, 2.45) is 0 Å². The number of hydrogen-bond donors (Lipinski definition) is 1. The first-order valence-electron chi connectivity index (χ1n) is 8.18. The molecular weight excluding hydrogens is 364 g/mol. The molecule has 26 heavy (non-hydrogen) atoms. The largest absolute Gasteiger partial charge is 0.478 e. The predicted molar refractivity (Wildman–Crippen MR) is 93.1 cm³/mol. The van der Waals surface area contributed by atoms with Crippen LogP contribution in [-0.4, -0.2) is 59.3 Å². The first-order chi connectivity index (χ1) is 12.1. The molecule has 1 amide bonds. The highest BCUT2D eigenvalue weighted by Gasteiger charge is 2.35. The fourth-order valence-electron chi connectivity index (χ4n) is 2.93. The molecule has 142 valence electrons. The Balaban J connectivity index is 2.41. The highest BCUT2D eigenvalue weighted by Crippen LogP contribution is 2.23. The van der Waals surface area contributed by atoms with Crippen LogP contribution in [0.5, 0.6) is 0 Å². The van der Waals surface area contributed by atoms with Crippen molar-refractivity contribution >= 4 is 27.4 Å². The lowest BCUT2D eigenvalue weighted by molar-refractivity contribution is -0.384. The van der Waals surface area contributed by atoms with E-state index in [-0.39, 0.29) is 22.6 Å². The number of non-ortho nitro benzene ring substituents is 1. The quantitative estimate of drug-likeness (QED) is 0.558. The van der Waals surface area contributed by atoms with E-state index in [0.717, 1.165) is 24.6 Å². The highest BCUT2D eigenvalue weighted by molar-refractivity contribution is 7.91. The third-order valence-electron chi connectivity index (χ3n) is 4.29. The summed E-state index contributed by atoms with van der Waals surface area (Å²) < 4.78 is 23.5. The fourth-order valence-corrected chi connectivity index (χ4v) is 4.66. The van der Waals surface area contributed by atoms with Gasteiger partial charge in [-0.15, -0.1) is 0 Å². The van der Waals surface area contributed by atoms with Crippen molar-refractivity contribution in [3.8, 4) is 0 Å². The van der Waals surface area contributed by atoms with E-state index >= 15 is 0 Å². The number of sulfone groups is 1. The molecule has 1 saturated heterocycles. The van der Waals surface area contributed by atoms with Gasteiger partial charge >= 0.3 is 5.97 Å². The number of carboxylic acid groups (broad SMARTS) is 1. The van der Waals surface area contributed by atoms with Gasteiger partial charge in [-0.3, -0.25) is 14.9 Å². The van der Waals surface area contributed by atoms with Gasteiger partial charge in [-0.25, -0.2) is 13.2 Å². The molecule has 9 nitrogen and oxygen atoms in total. The van der Waals surface area contributed by atoms with Gasteiger partial charge in [-0.2, -0.15) is 0 Å². The van der Waals surface area contributed by atoms with Crippen LogP contribution in [0.15, 0.2) is 18.2 Å². The van der Waals surface area contributed by atoms with Crippen LogP contribution < -0.4 is 0 Å². The van der Waals surface area contributed by atoms with E-state index < -0.39 is 38.4 Å². The molecular formula is C16H20N2O7S. The molecule has 1 aromatic carbocycles. The molecule has 0 radical (unpaired) electrons. The molecule has 10 heteroatoms. The van der Waals surface area contributed by atoms with E-state index in [1.54, 1.807) is 0 Å². The number of carbonyl (C=O) groups is 2. The molecule has 1 N–H and O–H groups in total. The standard InChI is InChI=1S/C16H20N2O7S/c1-2-3-5-17(13-4-6-26(24,25)10-13)15(19)11-7-12(16(20)21)9-14(8-11)18(22)23/h7-9,13H,2-6,10H2,1H3,(H,20,21). The van der Waals surface area contributed by atoms with Crippen LogP contribution in [0, 0.1) is 10.1 Å². The number of rotatable bonds is 7. The van der Waals surface area contributed by atoms with E-state index in [4.69, 9.17) is 5.11 Å². The Bertz CT molecular complexity index is 803. The first-order valence-corrected chi connectivity index (χ1v) is 10.0. The van der Waals surface area contributed by atoms with Crippen LogP contribution in [0.25, 0.3) is 0 Å². The van der Waals surface area contributed by atoms with E-state index in [1.165, 1.54) is 4.90 Å². The van der Waals surface area contributed by atoms with Gasteiger partial charge in [0.05, 0.1) is 22.0 Å². The molecule has 1 unspecified atom stereocenters. The number of benzene rings is 1. The van der Waals surface area contributed by atoms with Crippen molar-refractivity contribution in [3.05, 3.63) is 39.4 Å². The predicted octanol–water partition coefficient (Wildman–Crippen LogP) is 1.72. The Morgan fingerprint density at radius 3 is 2.46 bits per heavy atom. The Labute approximate surface area is 150 Å². The van der Waals surface area contributed by atoms with Crippen molar-refractivity contribution in [2.75, 3.05) is 18.1 Å². The van der Waals surface area contributed by atoms with E-state index in [0.29, 0.717) is 19.4 Å². The number of carbonyl (C=O) groups excluding carboxylic acids is 1. The first kappa shape index (κ1) is 19.8. The van der Waals surface area contributed by atoms with Crippen LogP contribution in [0.1, 0.15) is 46.9 Å². The maximum absolute atomic E-state index is 12.9. The summed E-state index contributed by atoms with van der Waals surface area (Å²) in [6.45, 7) is 2.23. The zero-order valence-corrected chi connectivity index (χ0v) is 15.1. The zero-order valence-electron chi connectivity index (χ0n) is 14.3. The Morgan fingerprint density at radius 2 is 1.96 bits per heavy atom. The summed E-state index contributed by atoms with van der Waals surface area (Å²) in [5, 5.41) is 20.2. The molecule has 1 aliphatic heterocycles. The number of carboxylic acids is 1. The number of nitro groups is 1. The van der Waals surface area contributed by atoms with Crippen molar-refractivity contribution < 1.29 is 28.0 Å². The SMILES string of the molecule is CCCCN(C(=O)c1cc(C(=O)O)cc([N+](=O)[O-])c1)C1CCS(=O)(=O)C1. The summed E-state index contributed by atoms with van der Waals surface area (Å²) >= 11 is 0. The Kier molecular flexibility index (Phi) is 5.96. The van der Waals surface area contributed by atoms with Crippen molar-refractivity contribution in [1.82, 2.24) is 4.90 Å². The van der Waals surface area contributed by atoms with Crippen LogP contribution >= 0.6 is 0 Å². The normalized spacial score (nSPS) is 18.4. The minimum absolute atomic E-state index is 0.0110. The lowest BCUT2D eigenvalue weighted by Gasteiger charge is -2.28. The number of aromatic carboxylic acids is 1. The maximum Gasteiger partial charge on any atom is 0.335 e. The van der Waals surface area contributed by atoms with Crippen LogP contribution in [0.2, 0.25) is 0 Å². The Hall–Kier alpha value is -2.49. The lowest BCUT2D eigenvalue weighted by Crippen LogP contribution is -2.41. The van der Waals surface area contributed by atoms with Crippen LogP contribution in [0.3, 0.4) is 0 Å². The van der Waals surface area contributed by atoms with E-state index in [9.17, 15) is 28.1 Å². The van der Waals surface area contributed by atoms with Gasteiger partial charge in [0, 0.05) is 30.3 Å². The molecule has 0 spiro atoms. The summed E-state index contributed by atoms with van der Waals surface area (Å²) in [7, 11) is -3.22. The molecule has 1 heterocycles. The van der Waals surface area contributed by atoms with Gasteiger partial charge in [0.15, 0.2) is 9.84 Å². The molecule has 2 rings (SSSR count). The van der Waals surface area contributed by atoms with Gasteiger partial charge in [0.1, 0.15) is 0 Å². The minimum atomic E-state index is -3.22. The topological polar surface area (TPSA) is 135 Å².